The maximum atomic E-state index is 12.8. The second-order valence-electron chi connectivity index (χ2n) is 6.67. The Morgan fingerprint density at radius 3 is 2.32 bits per heavy atom. The molecule has 8 heteroatoms. The summed E-state index contributed by atoms with van der Waals surface area (Å²) in [5.74, 6) is -1.40. The molecule has 3 aromatic carbocycles. The highest BCUT2D eigenvalue weighted by atomic mass is 32.1. The number of amides is 1. The first-order valence-corrected chi connectivity index (χ1v) is 10.2. The van der Waals surface area contributed by atoms with E-state index in [4.69, 9.17) is 4.74 Å². The van der Waals surface area contributed by atoms with Crippen molar-refractivity contribution in [3.05, 3.63) is 76.6 Å². The molecule has 156 valence electrons. The lowest BCUT2D eigenvalue weighted by Crippen LogP contribution is -2.22. The Morgan fingerprint density at radius 1 is 0.903 bits per heavy atom. The number of thiazole rings is 1. The van der Waals surface area contributed by atoms with Gasteiger partial charge in [-0.3, -0.25) is 9.59 Å². The zero-order valence-electron chi connectivity index (χ0n) is 16.8. The van der Waals surface area contributed by atoms with E-state index in [0.29, 0.717) is 15.9 Å². The summed E-state index contributed by atoms with van der Waals surface area (Å²) in [6.45, 7) is -0.0672. The van der Waals surface area contributed by atoms with Crippen molar-refractivity contribution in [2.24, 2.45) is 4.99 Å². The van der Waals surface area contributed by atoms with Gasteiger partial charge in [0.2, 0.25) is 0 Å². The fourth-order valence-corrected chi connectivity index (χ4v) is 4.41. The molecule has 4 rings (SSSR count). The number of esters is 2. The first-order valence-electron chi connectivity index (χ1n) is 9.37. The van der Waals surface area contributed by atoms with Crippen LogP contribution in [0.5, 0.6) is 0 Å². The SMILES string of the molecule is COC(=O)Cn1c(=NC(=O)c2ccc(C(=O)OC)cc2)sc2c3ccccc3ccc21. The number of hydrogen-bond donors (Lipinski definition) is 0. The number of aromatic nitrogens is 1. The van der Waals surface area contributed by atoms with E-state index < -0.39 is 17.8 Å². The van der Waals surface area contributed by atoms with Crippen molar-refractivity contribution < 1.29 is 23.9 Å². The molecule has 0 saturated heterocycles. The number of carbonyl (C=O) groups is 3. The minimum Gasteiger partial charge on any atom is -0.468 e. The van der Waals surface area contributed by atoms with Crippen molar-refractivity contribution in [2.75, 3.05) is 14.2 Å². The Balaban J connectivity index is 1.84. The molecule has 0 aliphatic carbocycles. The Bertz CT molecular complexity index is 1380. The van der Waals surface area contributed by atoms with E-state index in [1.807, 2.05) is 36.4 Å². The average molecular weight is 434 g/mol. The number of carbonyl (C=O) groups excluding carboxylic acids is 3. The average Bonchev–Trinajstić information content (AvgIpc) is 3.15. The quantitative estimate of drug-likeness (QED) is 0.459. The summed E-state index contributed by atoms with van der Waals surface area (Å²) in [5, 5.41) is 2.07. The normalized spacial score (nSPS) is 11.6. The summed E-state index contributed by atoms with van der Waals surface area (Å²) in [7, 11) is 2.61. The van der Waals surface area contributed by atoms with Gasteiger partial charge in [0.25, 0.3) is 5.91 Å². The van der Waals surface area contributed by atoms with Gasteiger partial charge < -0.3 is 14.0 Å². The van der Waals surface area contributed by atoms with Crippen molar-refractivity contribution in [2.45, 2.75) is 6.54 Å². The number of benzene rings is 3. The molecular formula is C23H18N2O5S. The van der Waals surface area contributed by atoms with Gasteiger partial charge in [0, 0.05) is 10.9 Å². The van der Waals surface area contributed by atoms with Crippen LogP contribution < -0.4 is 4.80 Å². The van der Waals surface area contributed by atoms with Crippen LogP contribution in [-0.2, 0) is 20.8 Å². The monoisotopic (exact) mass is 434 g/mol. The standard InChI is InChI=1S/C23H18N2O5S/c1-29-19(26)13-25-18-12-11-14-5-3-4-6-17(14)20(18)31-23(25)24-21(27)15-7-9-16(10-8-15)22(28)30-2/h3-12H,13H2,1-2H3. The van der Waals surface area contributed by atoms with Gasteiger partial charge in [0.1, 0.15) is 6.54 Å². The molecule has 0 bridgehead atoms. The van der Waals surface area contributed by atoms with Gasteiger partial charge in [0.05, 0.1) is 30.0 Å². The van der Waals surface area contributed by atoms with E-state index in [-0.39, 0.29) is 6.54 Å². The summed E-state index contributed by atoms with van der Waals surface area (Å²) < 4.78 is 12.1. The first-order chi connectivity index (χ1) is 15.0. The summed E-state index contributed by atoms with van der Waals surface area (Å²) in [6.07, 6.45) is 0. The van der Waals surface area contributed by atoms with E-state index in [1.54, 1.807) is 4.57 Å². The van der Waals surface area contributed by atoms with Crippen LogP contribution in [0.4, 0.5) is 0 Å². The molecular weight excluding hydrogens is 416 g/mol. The molecule has 0 unspecified atom stereocenters. The van der Waals surface area contributed by atoms with Crippen molar-refractivity contribution in [3.63, 3.8) is 0 Å². The van der Waals surface area contributed by atoms with Gasteiger partial charge in [-0.15, -0.1) is 0 Å². The lowest BCUT2D eigenvalue weighted by Gasteiger charge is -2.05. The molecule has 1 aromatic heterocycles. The van der Waals surface area contributed by atoms with Crippen LogP contribution in [0.2, 0.25) is 0 Å². The number of nitrogens with zero attached hydrogens (tertiary/aromatic N) is 2. The second kappa shape index (κ2) is 8.53. The molecule has 4 aromatic rings. The van der Waals surface area contributed by atoms with E-state index in [1.165, 1.54) is 49.8 Å². The van der Waals surface area contributed by atoms with Gasteiger partial charge in [-0.2, -0.15) is 4.99 Å². The van der Waals surface area contributed by atoms with E-state index >= 15 is 0 Å². The highest BCUT2D eigenvalue weighted by molar-refractivity contribution is 7.17. The van der Waals surface area contributed by atoms with Crippen LogP contribution in [0, 0.1) is 0 Å². The van der Waals surface area contributed by atoms with Crippen molar-refractivity contribution in [3.8, 4) is 0 Å². The molecule has 0 radical (unpaired) electrons. The Morgan fingerprint density at radius 2 is 1.61 bits per heavy atom. The predicted octanol–water partition coefficient (Wildman–Crippen LogP) is 3.56. The maximum absolute atomic E-state index is 12.8. The third-order valence-corrected chi connectivity index (χ3v) is 5.97. The van der Waals surface area contributed by atoms with Gasteiger partial charge in [-0.1, -0.05) is 41.7 Å². The molecule has 0 atom stereocenters. The molecule has 31 heavy (non-hydrogen) atoms. The van der Waals surface area contributed by atoms with Crippen LogP contribution in [-0.4, -0.2) is 36.6 Å². The lowest BCUT2D eigenvalue weighted by atomic mass is 10.1. The van der Waals surface area contributed by atoms with Crippen LogP contribution in [0.25, 0.3) is 21.0 Å². The summed E-state index contributed by atoms with van der Waals surface area (Å²) in [5.41, 5.74) is 1.45. The minimum absolute atomic E-state index is 0.0672. The lowest BCUT2D eigenvalue weighted by molar-refractivity contribution is -0.141. The Hall–Kier alpha value is -3.78. The topological polar surface area (TPSA) is 87.0 Å². The highest BCUT2D eigenvalue weighted by Gasteiger charge is 2.15. The molecule has 0 spiro atoms. The Labute approximate surface area is 181 Å². The third kappa shape index (κ3) is 3.97. The largest absolute Gasteiger partial charge is 0.468 e. The summed E-state index contributed by atoms with van der Waals surface area (Å²) in [6, 6.07) is 17.8. The fraction of sp³-hybridized carbons (Fsp3) is 0.130. The zero-order valence-corrected chi connectivity index (χ0v) is 17.6. The zero-order chi connectivity index (χ0) is 22.0. The molecule has 7 nitrogen and oxygen atoms in total. The van der Waals surface area contributed by atoms with E-state index in [0.717, 1.165) is 21.0 Å². The van der Waals surface area contributed by atoms with Crippen molar-refractivity contribution in [1.82, 2.24) is 4.57 Å². The Kier molecular flexibility index (Phi) is 5.64. The van der Waals surface area contributed by atoms with Gasteiger partial charge in [0.15, 0.2) is 4.80 Å². The molecule has 1 amide bonds. The van der Waals surface area contributed by atoms with Gasteiger partial charge in [-0.25, -0.2) is 4.79 Å². The molecule has 0 fully saturated rings. The fourth-order valence-electron chi connectivity index (χ4n) is 3.25. The van der Waals surface area contributed by atoms with E-state index in [9.17, 15) is 14.4 Å². The minimum atomic E-state index is -0.483. The van der Waals surface area contributed by atoms with Gasteiger partial charge >= 0.3 is 11.9 Å². The molecule has 0 aliphatic rings. The number of fused-ring (bicyclic) bond motifs is 3. The number of rotatable bonds is 4. The number of methoxy groups -OCH3 is 2. The second-order valence-corrected chi connectivity index (χ2v) is 7.65. The first kappa shape index (κ1) is 20.5. The molecule has 0 N–H and O–H groups in total. The summed E-state index contributed by atoms with van der Waals surface area (Å²) >= 11 is 1.33. The van der Waals surface area contributed by atoms with Crippen molar-refractivity contribution in [1.29, 1.82) is 0 Å². The maximum Gasteiger partial charge on any atom is 0.337 e. The smallest absolute Gasteiger partial charge is 0.337 e. The van der Waals surface area contributed by atoms with E-state index in [2.05, 4.69) is 9.73 Å². The van der Waals surface area contributed by atoms with Crippen LogP contribution in [0.15, 0.2) is 65.7 Å². The third-order valence-electron chi connectivity index (χ3n) is 4.84. The molecule has 1 heterocycles. The molecule has 0 aliphatic heterocycles. The predicted molar refractivity (Wildman–Crippen MR) is 117 cm³/mol. The van der Waals surface area contributed by atoms with Crippen LogP contribution >= 0.6 is 11.3 Å². The molecule has 0 saturated carbocycles. The highest BCUT2D eigenvalue weighted by Crippen LogP contribution is 2.27. The number of ether oxygens (including phenoxy) is 2. The summed E-state index contributed by atoms with van der Waals surface area (Å²) in [4.78, 5) is 41.1. The van der Waals surface area contributed by atoms with Crippen molar-refractivity contribution >= 4 is 50.2 Å². The van der Waals surface area contributed by atoms with Crippen LogP contribution in [0.1, 0.15) is 20.7 Å². The van der Waals surface area contributed by atoms with Gasteiger partial charge in [-0.05, 0) is 35.7 Å². The number of hydrogen-bond acceptors (Lipinski definition) is 6. The van der Waals surface area contributed by atoms with Crippen LogP contribution in [0.3, 0.4) is 0 Å².